The van der Waals surface area contributed by atoms with Crippen molar-refractivity contribution in [3.63, 3.8) is 0 Å². The minimum Gasteiger partial charge on any atom is -0.345 e. The number of carbonyl (C=O) groups is 2. The molecule has 1 unspecified atom stereocenters. The summed E-state index contributed by atoms with van der Waals surface area (Å²) >= 11 is 5.21. The van der Waals surface area contributed by atoms with Crippen LogP contribution in [0.3, 0.4) is 0 Å². The average molecular weight is 448 g/mol. The molecule has 0 aliphatic carbocycles. The summed E-state index contributed by atoms with van der Waals surface area (Å²) in [7, 11) is 0. The Morgan fingerprint density at radius 1 is 0.938 bits per heavy atom. The maximum atomic E-state index is 13.0. The van der Waals surface area contributed by atoms with Crippen LogP contribution < -0.4 is 16.0 Å². The highest BCUT2D eigenvalue weighted by Crippen LogP contribution is 2.18. The Bertz CT molecular complexity index is 1130. The number of carbonyl (C=O) groups excluding carboxylic acids is 2. The summed E-state index contributed by atoms with van der Waals surface area (Å²) in [6, 6.07) is 22.1. The summed E-state index contributed by atoms with van der Waals surface area (Å²) < 4.78 is 13.0. The van der Waals surface area contributed by atoms with Crippen molar-refractivity contribution in [2.24, 2.45) is 0 Å². The smallest absolute Gasteiger partial charge is 0.253 e. The number of thiocarbonyl (C=S) groups is 1. The van der Waals surface area contributed by atoms with Gasteiger partial charge in [-0.05, 0) is 60.6 Å². The molecule has 0 saturated carbocycles. The van der Waals surface area contributed by atoms with Gasteiger partial charge in [0.1, 0.15) is 5.82 Å². The number of hydrogen-bond donors (Lipinski definition) is 3. The third-order valence-electron chi connectivity index (χ3n) is 4.60. The third kappa shape index (κ3) is 6.58. The number of nitrogens with one attached hydrogen (secondary N) is 3. The zero-order valence-electron chi connectivity index (χ0n) is 17.3. The molecule has 5 nitrogen and oxygen atoms in total. The summed E-state index contributed by atoms with van der Waals surface area (Å²) in [6.07, 6.45) is 2.84. The van der Waals surface area contributed by atoms with E-state index in [4.69, 9.17) is 12.2 Å². The molecule has 0 aliphatic rings. The Balaban J connectivity index is 1.61. The molecule has 1 atom stereocenters. The fraction of sp³-hybridized carbons (Fsp3) is 0.0800. The highest BCUT2D eigenvalue weighted by molar-refractivity contribution is 7.80. The minimum absolute atomic E-state index is 0.0510. The quantitative estimate of drug-likeness (QED) is 0.373. The maximum Gasteiger partial charge on any atom is 0.253 e. The van der Waals surface area contributed by atoms with E-state index in [9.17, 15) is 14.0 Å². The van der Waals surface area contributed by atoms with Crippen LogP contribution >= 0.6 is 12.2 Å². The molecule has 162 valence electrons. The Kier molecular flexibility index (Phi) is 7.83. The van der Waals surface area contributed by atoms with Crippen molar-refractivity contribution in [1.29, 1.82) is 0 Å². The topological polar surface area (TPSA) is 70.2 Å². The average Bonchev–Trinajstić information content (AvgIpc) is 2.79. The first-order valence-corrected chi connectivity index (χ1v) is 10.3. The maximum absolute atomic E-state index is 13.0. The number of para-hydroxylation sites is 1. The van der Waals surface area contributed by atoms with E-state index in [2.05, 4.69) is 16.0 Å². The van der Waals surface area contributed by atoms with Gasteiger partial charge >= 0.3 is 0 Å². The Morgan fingerprint density at radius 3 is 2.31 bits per heavy atom. The summed E-state index contributed by atoms with van der Waals surface area (Å²) in [4.78, 5) is 24.9. The molecular formula is C25H22FN3O2S. The van der Waals surface area contributed by atoms with Crippen LogP contribution in [0, 0.1) is 5.82 Å². The molecule has 0 aromatic heterocycles. The van der Waals surface area contributed by atoms with Crippen LogP contribution in [-0.2, 0) is 4.79 Å². The number of benzene rings is 3. The SMILES string of the molecule is CC(NC(=O)c1ccccc1NC(=S)NC(=O)/C=C/c1ccc(F)cc1)c1ccccc1. The second-order valence-corrected chi connectivity index (χ2v) is 7.39. The predicted octanol–water partition coefficient (Wildman–Crippen LogP) is 4.84. The van der Waals surface area contributed by atoms with Crippen LogP contribution in [0.15, 0.2) is 84.9 Å². The normalized spacial score (nSPS) is 11.6. The summed E-state index contributed by atoms with van der Waals surface area (Å²) in [5.74, 6) is -1.07. The molecule has 7 heteroatoms. The van der Waals surface area contributed by atoms with Gasteiger partial charge in [0.15, 0.2) is 5.11 Å². The van der Waals surface area contributed by atoms with Crippen LogP contribution in [0.25, 0.3) is 6.08 Å². The van der Waals surface area contributed by atoms with Crippen molar-refractivity contribution in [2.75, 3.05) is 5.32 Å². The van der Waals surface area contributed by atoms with Crippen LogP contribution in [-0.4, -0.2) is 16.9 Å². The van der Waals surface area contributed by atoms with Crippen molar-refractivity contribution in [3.8, 4) is 0 Å². The van der Waals surface area contributed by atoms with Crippen LogP contribution in [0.4, 0.5) is 10.1 Å². The summed E-state index contributed by atoms with van der Waals surface area (Å²) in [5, 5.41) is 8.44. The largest absolute Gasteiger partial charge is 0.345 e. The molecule has 3 rings (SSSR count). The van der Waals surface area contributed by atoms with Gasteiger partial charge in [0.2, 0.25) is 5.91 Å². The van der Waals surface area contributed by atoms with Gasteiger partial charge in [-0.2, -0.15) is 0 Å². The molecule has 32 heavy (non-hydrogen) atoms. The standard InChI is InChI=1S/C25H22FN3O2S/c1-17(19-7-3-2-4-8-19)27-24(31)21-9-5-6-10-22(21)28-25(32)29-23(30)16-13-18-11-14-20(26)15-12-18/h2-17H,1H3,(H,27,31)(H2,28,29,30,32)/b16-13+. The Labute approximate surface area is 191 Å². The monoisotopic (exact) mass is 447 g/mol. The fourth-order valence-corrected chi connectivity index (χ4v) is 3.15. The molecule has 3 aromatic rings. The van der Waals surface area contributed by atoms with Gasteiger partial charge in [-0.25, -0.2) is 4.39 Å². The zero-order chi connectivity index (χ0) is 22.9. The van der Waals surface area contributed by atoms with E-state index in [0.717, 1.165) is 5.56 Å². The lowest BCUT2D eigenvalue weighted by molar-refractivity contribution is -0.115. The van der Waals surface area contributed by atoms with Gasteiger partial charge in [0, 0.05) is 6.08 Å². The minimum atomic E-state index is -0.452. The summed E-state index contributed by atoms with van der Waals surface area (Å²) in [5.41, 5.74) is 2.53. The van der Waals surface area contributed by atoms with E-state index < -0.39 is 5.91 Å². The molecule has 0 saturated heterocycles. The molecule has 3 N–H and O–H groups in total. The third-order valence-corrected chi connectivity index (χ3v) is 4.81. The fourth-order valence-electron chi connectivity index (χ4n) is 2.94. The first-order valence-electron chi connectivity index (χ1n) is 9.93. The lowest BCUT2D eigenvalue weighted by Crippen LogP contribution is -2.34. The Hall–Kier alpha value is -3.84. The number of anilines is 1. The van der Waals surface area contributed by atoms with Crippen molar-refractivity contribution in [3.05, 3.63) is 107 Å². The second kappa shape index (κ2) is 11.0. The molecule has 3 aromatic carbocycles. The molecule has 2 amide bonds. The Morgan fingerprint density at radius 2 is 1.59 bits per heavy atom. The van der Waals surface area contributed by atoms with E-state index in [0.29, 0.717) is 16.8 Å². The highest BCUT2D eigenvalue weighted by atomic mass is 32.1. The van der Waals surface area contributed by atoms with Gasteiger partial charge in [0.05, 0.1) is 17.3 Å². The van der Waals surface area contributed by atoms with Gasteiger partial charge < -0.3 is 10.6 Å². The molecule has 0 heterocycles. The van der Waals surface area contributed by atoms with E-state index >= 15 is 0 Å². The summed E-state index contributed by atoms with van der Waals surface area (Å²) in [6.45, 7) is 1.90. The van der Waals surface area contributed by atoms with Gasteiger partial charge in [-0.1, -0.05) is 54.6 Å². The second-order valence-electron chi connectivity index (χ2n) is 6.98. The van der Waals surface area contributed by atoms with Crippen LogP contribution in [0.2, 0.25) is 0 Å². The van der Waals surface area contributed by atoms with Crippen molar-refractivity contribution >= 4 is 40.9 Å². The molecule has 0 radical (unpaired) electrons. The van der Waals surface area contributed by atoms with Gasteiger partial charge in [-0.15, -0.1) is 0 Å². The van der Waals surface area contributed by atoms with Gasteiger partial charge in [-0.3, -0.25) is 14.9 Å². The van der Waals surface area contributed by atoms with Crippen molar-refractivity contribution < 1.29 is 14.0 Å². The number of amides is 2. The number of hydrogen-bond acceptors (Lipinski definition) is 3. The molecule has 0 spiro atoms. The highest BCUT2D eigenvalue weighted by Gasteiger charge is 2.15. The lowest BCUT2D eigenvalue weighted by atomic mass is 10.1. The first kappa shape index (κ1) is 22.8. The molecule has 0 bridgehead atoms. The van der Waals surface area contributed by atoms with E-state index in [-0.39, 0.29) is 22.9 Å². The number of rotatable bonds is 6. The molecular weight excluding hydrogens is 425 g/mol. The van der Waals surface area contributed by atoms with E-state index in [1.807, 2.05) is 37.3 Å². The van der Waals surface area contributed by atoms with Crippen molar-refractivity contribution in [1.82, 2.24) is 10.6 Å². The van der Waals surface area contributed by atoms with Gasteiger partial charge in [0.25, 0.3) is 5.91 Å². The molecule has 0 fully saturated rings. The zero-order valence-corrected chi connectivity index (χ0v) is 18.2. The first-order chi connectivity index (χ1) is 15.4. The predicted molar refractivity (Wildman–Crippen MR) is 129 cm³/mol. The van der Waals surface area contributed by atoms with Crippen LogP contribution in [0.5, 0.6) is 0 Å². The van der Waals surface area contributed by atoms with Crippen molar-refractivity contribution in [2.45, 2.75) is 13.0 Å². The number of halogens is 1. The molecule has 0 aliphatic heterocycles. The van der Waals surface area contributed by atoms with E-state index in [1.54, 1.807) is 42.5 Å². The van der Waals surface area contributed by atoms with E-state index in [1.165, 1.54) is 18.2 Å². The van der Waals surface area contributed by atoms with Crippen LogP contribution in [0.1, 0.15) is 34.5 Å². The lowest BCUT2D eigenvalue weighted by Gasteiger charge is -2.17.